The van der Waals surface area contributed by atoms with Gasteiger partial charge in [0.05, 0.1) is 0 Å². The van der Waals surface area contributed by atoms with Gasteiger partial charge >= 0.3 is 0 Å². The normalized spacial score (nSPS) is 28.6. The molecule has 0 radical (unpaired) electrons. The smallest absolute Gasteiger partial charge is 0.0166 e. The van der Waals surface area contributed by atoms with Gasteiger partial charge in [0.1, 0.15) is 0 Å². The minimum Gasteiger partial charge on any atom is -0.0882 e. The number of hydrogen-bond acceptors (Lipinski definition) is 0. The van der Waals surface area contributed by atoms with E-state index in [0.717, 1.165) is 12.8 Å². The van der Waals surface area contributed by atoms with Crippen LogP contribution in [0.25, 0.3) is 0 Å². The predicted octanol–water partition coefficient (Wildman–Crippen LogP) is 4.57. The maximum atomic E-state index is 2.30. The maximum absolute atomic E-state index is 2.30. The van der Waals surface area contributed by atoms with Crippen molar-refractivity contribution in [2.24, 2.45) is 0 Å². The second-order valence-corrected chi connectivity index (χ2v) is 3.55. The highest BCUT2D eigenvalue weighted by molar-refractivity contribution is 5.05. The van der Waals surface area contributed by atoms with Gasteiger partial charge in [0.2, 0.25) is 0 Å². The Kier molecular flexibility index (Phi) is 6.74. The molecule has 0 amide bonds. The summed E-state index contributed by atoms with van der Waals surface area (Å²) in [7, 11) is 0. The van der Waals surface area contributed by atoms with Gasteiger partial charge in [-0.1, -0.05) is 48.6 Å². The van der Waals surface area contributed by atoms with Gasteiger partial charge in [-0.2, -0.15) is 0 Å². The van der Waals surface area contributed by atoms with Crippen LogP contribution in [0.2, 0.25) is 0 Å². The summed E-state index contributed by atoms with van der Waals surface area (Å²) >= 11 is 0. The van der Waals surface area contributed by atoms with Crippen molar-refractivity contribution in [3.05, 3.63) is 48.6 Å². The van der Waals surface area contributed by atoms with Gasteiger partial charge in [0, 0.05) is 0 Å². The van der Waals surface area contributed by atoms with E-state index in [2.05, 4.69) is 48.6 Å². The highest BCUT2D eigenvalue weighted by Crippen LogP contribution is 2.03. The second kappa shape index (κ2) is 8.55. The van der Waals surface area contributed by atoms with Crippen LogP contribution in [0, 0.1) is 0 Å². The van der Waals surface area contributed by atoms with Crippen molar-refractivity contribution in [3.63, 3.8) is 0 Å². The number of rotatable bonds is 0. The fourth-order valence-corrected chi connectivity index (χ4v) is 1.42. The average molecular weight is 188 g/mol. The summed E-state index contributed by atoms with van der Waals surface area (Å²) in [6.45, 7) is 0. The lowest BCUT2D eigenvalue weighted by Gasteiger charge is -1.93. The molecule has 0 bridgehead atoms. The Labute approximate surface area is 87.7 Å². The maximum Gasteiger partial charge on any atom is -0.0166 e. The molecule has 0 saturated carbocycles. The van der Waals surface area contributed by atoms with E-state index in [1.54, 1.807) is 0 Å². The van der Waals surface area contributed by atoms with E-state index in [1.165, 1.54) is 25.7 Å². The highest BCUT2D eigenvalue weighted by atomic mass is 13.9. The molecular weight excluding hydrogens is 168 g/mol. The van der Waals surface area contributed by atoms with Crippen LogP contribution in [0.1, 0.15) is 38.5 Å². The highest BCUT2D eigenvalue weighted by Gasteiger charge is 1.83. The molecule has 0 heterocycles. The second-order valence-electron chi connectivity index (χ2n) is 3.55. The first-order valence-electron chi connectivity index (χ1n) is 5.62. The number of allylic oxidation sites excluding steroid dienone is 8. The molecule has 1 aliphatic rings. The first-order valence-corrected chi connectivity index (χ1v) is 5.62. The molecule has 76 valence electrons. The molecule has 0 aromatic carbocycles. The zero-order valence-electron chi connectivity index (χ0n) is 8.86. The number of hydrogen-bond donors (Lipinski definition) is 0. The molecule has 0 N–H and O–H groups in total. The monoisotopic (exact) mass is 188 g/mol. The Hall–Kier alpha value is -1.04. The third-order valence-electron chi connectivity index (χ3n) is 2.25. The SMILES string of the molecule is C1=C\CCCC/C=C/C/C=C/C/C=C/1. The van der Waals surface area contributed by atoms with E-state index in [-0.39, 0.29) is 0 Å². The molecule has 0 aliphatic heterocycles. The molecule has 0 saturated heterocycles. The first-order chi connectivity index (χ1) is 7.00. The third kappa shape index (κ3) is 6.47. The zero-order valence-corrected chi connectivity index (χ0v) is 8.86. The third-order valence-corrected chi connectivity index (χ3v) is 2.25. The molecular formula is C14H20. The lowest BCUT2D eigenvalue weighted by molar-refractivity contribution is 0.761. The standard InChI is InChI=1S/C14H20/c1-2-4-6-8-10-12-14-13-11-9-7-5-3-1/h1-4,7,9,13-14H,5-6,8,10-12H2/b3-1+,4-2-,9-7+,14-13+. The Morgan fingerprint density at radius 1 is 0.500 bits per heavy atom. The molecule has 0 atom stereocenters. The van der Waals surface area contributed by atoms with Crippen molar-refractivity contribution in [2.45, 2.75) is 38.5 Å². The molecule has 0 fully saturated rings. The molecule has 14 heavy (non-hydrogen) atoms. The van der Waals surface area contributed by atoms with Gasteiger partial charge in [-0.3, -0.25) is 0 Å². The van der Waals surface area contributed by atoms with Gasteiger partial charge in [0.15, 0.2) is 0 Å². The van der Waals surface area contributed by atoms with Crippen molar-refractivity contribution >= 4 is 0 Å². The van der Waals surface area contributed by atoms with Crippen LogP contribution in [-0.2, 0) is 0 Å². The van der Waals surface area contributed by atoms with E-state index in [9.17, 15) is 0 Å². The van der Waals surface area contributed by atoms with Crippen LogP contribution in [-0.4, -0.2) is 0 Å². The fourth-order valence-electron chi connectivity index (χ4n) is 1.42. The predicted molar refractivity (Wildman–Crippen MR) is 64.3 cm³/mol. The zero-order chi connectivity index (χ0) is 9.90. The van der Waals surface area contributed by atoms with E-state index in [0.29, 0.717) is 0 Å². The lowest BCUT2D eigenvalue weighted by atomic mass is 10.1. The summed E-state index contributed by atoms with van der Waals surface area (Å²) in [6.07, 6.45) is 25.0. The van der Waals surface area contributed by atoms with Crippen LogP contribution < -0.4 is 0 Å². The van der Waals surface area contributed by atoms with Crippen molar-refractivity contribution < 1.29 is 0 Å². The van der Waals surface area contributed by atoms with Crippen LogP contribution in [0.3, 0.4) is 0 Å². The Morgan fingerprint density at radius 2 is 1.07 bits per heavy atom. The van der Waals surface area contributed by atoms with Gasteiger partial charge in [-0.25, -0.2) is 0 Å². The molecule has 0 spiro atoms. The Morgan fingerprint density at radius 3 is 1.93 bits per heavy atom. The first kappa shape index (κ1) is 11.0. The Bertz CT molecular complexity index is 228. The van der Waals surface area contributed by atoms with Crippen molar-refractivity contribution in [1.29, 1.82) is 0 Å². The largest absolute Gasteiger partial charge is 0.0882 e. The van der Waals surface area contributed by atoms with Crippen LogP contribution in [0.5, 0.6) is 0 Å². The van der Waals surface area contributed by atoms with Gasteiger partial charge in [0.25, 0.3) is 0 Å². The minimum absolute atomic E-state index is 1.05. The summed E-state index contributed by atoms with van der Waals surface area (Å²) in [6, 6.07) is 0. The molecule has 0 aromatic heterocycles. The molecule has 0 aromatic rings. The van der Waals surface area contributed by atoms with Gasteiger partial charge < -0.3 is 0 Å². The van der Waals surface area contributed by atoms with Crippen molar-refractivity contribution in [2.75, 3.05) is 0 Å². The van der Waals surface area contributed by atoms with Gasteiger partial charge in [-0.05, 0) is 38.5 Å². The van der Waals surface area contributed by atoms with Crippen molar-refractivity contribution in [3.8, 4) is 0 Å². The minimum atomic E-state index is 1.05. The molecule has 1 rings (SSSR count). The van der Waals surface area contributed by atoms with Crippen LogP contribution >= 0.6 is 0 Å². The van der Waals surface area contributed by atoms with E-state index in [4.69, 9.17) is 0 Å². The lowest BCUT2D eigenvalue weighted by Crippen LogP contribution is -1.72. The summed E-state index contributed by atoms with van der Waals surface area (Å²) in [5, 5.41) is 0. The summed E-state index contributed by atoms with van der Waals surface area (Å²) in [5.74, 6) is 0. The van der Waals surface area contributed by atoms with E-state index >= 15 is 0 Å². The van der Waals surface area contributed by atoms with E-state index in [1.807, 2.05) is 0 Å². The van der Waals surface area contributed by atoms with Gasteiger partial charge in [-0.15, -0.1) is 0 Å². The molecule has 1 aliphatic carbocycles. The topological polar surface area (TPSA) is 0 Å². The van der Waals surface area contributed by atoms with Crippen LogP contribution in [0.4, 0.5) is 0 Å². The Balaban J connectivity index is 2.35. The summed E-state index contributed by atoms with van der Waals surface area (Å²) in [5.41, 5.74) is 0. The van der Waals surface area contributed by atoms with Crippen LogP contribution in [0.15, 0.2) is 48.6 Å². The van der Waals surface area contributed by atoms with E-state index < -0.39 is 0 Å². The average Bonchev–Trinajstić information content (AvgIpc) is 2.22. The summed E-state index contributed by atoms with van der Waals surface area (Å²) < 4.78 is 0. The molecule has 0 heteroatoms. The quantitative estimate of drug-likeness (QED) is 0.489. The molecule has 0 unspecified atom stereocenters. The molecule has 0 nitrogen and oxygen atoms in total. The summed E-state index contributed by atoms with van der Waals surface area (Å²) in [4.78, 5) is 0. The van der Waals surface area contributed by atoms with Crippen molar-refractivity contribution in [1.82, 2.24) is 0 Å². The fraction of sp³-hybridized carbons (Fsp3) is 0.429.